The van der Waals surface area contributed by atoms with Crippen molar-refractivity contribution >= 4 is 33.3 Å². The summed E-state index contributed by atoms with van der Waals surface area (Å²) in [7, 11) is 0. The Kier molecular flexibility index (Phi) is 4.25. The van der Waals surface area contributed by atoms with Crippen molar-refractivity contribution in [3.05, 3.63) is 41.4 Å². The van der Waals surface area contributed by atoms with Gasteiger partial charge in [-0.25, -0.2) is 9.97 Å². The number of nitrogens with zero attached hydrogens (tertiary/aromatic N) is 3. The highest BCUT2D eigenvalue weighted by Gasteiger charge is 2.15. The SMILES string of the molecule is CCN(CC)c1nc(C(N)=O)cc(-c2csc3ccccc23)n1. The Morgan fingerprint density at radius 1 is 1.22 bits per heavy atom. The zero-order valence-corrected chi connectivity index (χ0v) is 13.9. The molecule has 1 aromatic carbocycles. The fraction of sp³-hybridized carbons (Fsp3) is 0.235. The molecule has 2 N–H and O–H groups in total. The molecule has 3 rings (SSSR count). The predicted molar refractivity (Wildman–Crippen MR) is 94.9 cm³/mol. The number of rotatable bonds is 5. The van der Waals surface area contributed by atoms with Crippen LogP contribution in [0.5, 0.6) is 0 Å². The summed E-state index contributed by atoms with van der Waals surface area (Å²) in [4.78, 5) is 22.6. The Labute approximate surface area is 138 Å². The summed E-state index contributed by atoms with van der Waals surface area (Å²) in [5.74, 6) is -0.00169. The van der Waals surface area contributed by atoms with Crippen LogP contribution in [0.4, 0.5) is 5.95 Å². The molecule has 0 radical (unpaired) electrons. The van der Waals surface area contributed by atoms with Gasteiger partial charge in [0, 0.05) is 34.1 Å². The highest BCUT2D eigenvalue weighted by molar-refractivity contribution is 7.17. The molecule has 6 heteroatoms. The maximum Gasteiger partial charge on any atom is 0.267 e. The molecule has 0 aliphatic rings. The zero-order valence-electron chi connectivity index (χ0n) is 13.1. The molecule has 2 heterocycles. The normalized spacial score (nSPS) is 10.9. The van der Waals surface area contributed by atoms with Gasteiger partial charge in [-0.3, -0.25) is 4.79 Å². The van der Waals surface area contributed by atoms with Crippen LogP contribution >= 0.6 is 11.3 Å². The zero-order chi connectivity index (χ0) is 16.4. The topological polar surface area (TPSA) is 72.1 Å². The summed E-state index contributed by atoms with van der Waals surface area (Å²) in [6, 6.07) is 9.82. The summed E-state index contributed by atoms with van der Waals surface area (Å²) in [6.45, 7) is 5.60. The van der Waals surface area contributed by atoms with Crippen LogP contribution < -0.4 is 10.6 Å². The molecule has 0 bridgehead atoms. The maximum absolute atomic E-state index is 11.7. The number of fused-ring (bicyclic) bond motifs is 1. The lowest BCUT2D eigenvalue weighted by Gasteiger charge is -2.19. The number of hydrogen-bond donors (Lipinski definition) is 1. The van der Waals surface area contributed by atoms with E-state index in [0.717, 1.165) is 29.7 Å². The Bertz CT molecular complexity index is 855. The first-order chi connectivity index (χ1) is 11.1. The summed E-state index contributed by atoms with van der Waals surface area (Å²) in [5.41, 5.74) is 7.43. The summed E-state index contributed by atoms with van der Waals surface area (Å²) in [6.07, 6.45) is 0. The molecule has 118 valence electrons. The van der Waals surface area contributed by atoms with Crippen LogP contribution in [0.25, 0.3) is 21.3 Å². The Morgan fingerprint density at radius 3 is 2.65 bits per heavy atom. The van der Waals surface area contributed by atoms with Crippen LogP contribution in [-0.2, 0) is 0 Å². The van der Waals surface area contributed by atoms with Crippen LogP contribution in [0.2, 0.25) is 0 Å². The number of amides is 1. The number of carbonyl (C=O) groups excluding carboxylic acids is 1. The number of nitrogens with two attached hydrogens (primary N) is 1. The van der Waals surface area contributed by atoms with Crippen molar-refractivity contribution in [3.8, 4) is 11.3 Å². The van der Waals surface area contributed by atoms with Gasteiger partial charge < -0.3 is 10.6 Å². The molecule has 0 atom stereocenters. The molecule has 0 aliphatic heterocycles. The molecule has 0 saturated heterocycles. The van der Waals surface area contributed by atoms with E-state index in [2.05, 4.69) is 27.5 Å². The van der Waals surface area contributed by atoms with Gasteiger partial charge in [0.15, 0.2) is 0 Å². The van der Waals surface area contributed by atoms with Crippen molar-refractivity contribution in [2.45, 2.75) is 13.8 Å². The van der Waals surface area contributed by atoms with E-state index in [9.17, 15) is 4.79 Å². The van der Waals surface area contributed by atoms with Gasteiger partial charge in [0.25, 0.3) is 5.91 Å². The Balaban J connectivity index is 2.20. The largest absolute Gasteiger partial charge is 0.364 e. The molecule has 0 spiro atoms. The Morgan fingerprint density at radius 2 is 1.96 bits per heavy atom. The number of benzene rings is 1. The molecule has 0 saturated carbocycles. The van der Waals surface area contributed by atoms with Gasteiger partial charge in [-0.05, 0) is 26.0 Å². The van der Waals surface area contributed by atoms with Crippen molar-refractivity contribution in [2.24, 2.45) is 5.73 Å². The average Bonchev–Trinajstić information content (AvgIpc) is 3.00. The summed E-state index contributed by atoms with van der Waals surface area (Å²) >= 11 is 1.66. The minimum absolute atomic E-state index is 0.243. The molecular weight excluding hydrogens is 308 g/mol. The first-order valence-electron chi connectivity index (χ1n) is 7.54. The van der Waals surface area contributed by atoms with Crippen LogP contribution in [0.3, 0.4) is 0 Å². The van der Waals surface area contributed by atoms with E-state index in [1.165, 1.54) is 4.70 Å². The summed E-state index contributed by atoms with van der Waals surface area (Å²) in [5, 5.41) is 3.18. The van der Waals surface area contributed by atoms with Gasteiger partial charge >= 0.3 is 0 Å². The monoisotopic (exact) mass is 326 g/mol. The lowest BCUT2D eigenvalue weighted by Crippen LogP contribution is -2.26. The predicted octanol–water partition coefficient (Wildman–Crippen LogP) is 3.30. The van der Waals surface area contributed by atoms with Gasteiger partial charge in [-0.15, -0.1) is 11.3 Å². The first kappa shape index (κ1) is 15.4. The summed E-state index contributed by atoms with van der Waals surface area (Å²) < 4.78 is 1.19. The van der Waals surface area contributed by atoms with E-state index in [0.29, 0.717) is 5.95 Å². The van der Waals surface area contributed by atoms with Gasteiger partial charge in [-0.2, -0.15) is 0 Å². The molecule has 0 unspecified atom stereocenters. The van der Waals surface area contributed by atoms with E-state index in [1.54, 1.807) is 17.4 Å². The minimum atomic E-state index is -0.540. The van der Waals surface area contributed by atoms with Crippen LogP contribution in [0.1, 0.15) is 24.3 Å². The molecule has 1 amide bonds. The minimum Gasteiger partial charge on any atom is -0.364 e. The third-order valence-corrected chi connectivity index (χ3v) is 4.73. The smallest absolute Gasteiger partial charge is 0.267 e. The number of carbonyl (C=O) groups is 1. The van der Waals surface area contributed by atoms with Crippen molar-refractivity contribution in [1.29, 1.82) is 0 Å². The molecule has 2 aromatic heterocycles. The Hall–Kier alpha value is -2.47. The van der Waals surface area contributed by atoms with Crippen molar-refractivity contribution < 1.29 is 4.79 Å². The number of primary amides is 1. The molecule has 5 nitrogen and oxygen atoms in total. The van der Waals surface area contributed by atoms with Crippen LogP contribution in [0.15, 0.2) is 35.7 Å². The molecule has 23 heavy (non-hydrogen) atoms. The molecular formula is C17H18N4OS. The second kappa shape index (κ2) is 6.34. The molecule has 0 fully saturated rings. The highest BCUT2D eigenvalue weighted by Crippen LogP contribution is 2.33. The number of anilines is 1. The fourth-order valence-electron chi connectivity index (χ4n) is 2.52. The number of aromatic nitrogens is 2. The van der Waals surface area contributed by atoms with Gasteiger partial charge in [0.1, 0.15) is 5.69 Å². The van der Waals surface area contributed by atoms with E-state index in [-0.39, 0.29) is 5.69 Å². The highest BCUT2D eigenvalue weighted by atomic mass is 32.1. The first-order valence-corrected chi connectivity index (χ1v) is 8.42. The molecule has 3 aromatic rings. The molecule has 0 aliphatic carbocycles. The van der Waals surface area contributed by atoms with Gasteiger partial charge in [0.2, 0.25) is 5.95 Å². The van der Waals surface area contributed by atoms with Crippen molar-refractivity contribution in [3.63, 3.8) is 0 Å². The number of thiophene rings is 1. The third kappa shape index (κ3) is 2.90. The maximum atomic E-state index is 11.7. The van der Waals surface area contributed by atoms with E-state index in [1.807, 2.05) is 30.9 Å². The van der Waals surface area contributed by atoms with E-state index < -0.39 is 5.91 Å². The second-order valence-electron chi connectivity index (χ2n) is 5.12. The van der Waals surface area contributed by atoms with Gasteiger partial charge in [-0.1, -0.05) is 18.2 Å². The van der Waals surface area contributed by atoms with Crippen molar-refractivity contribution in [2.75, 3.05) is 18.0 Å². The average molecular weight is 326 g/mol. The fourth-order valence-corrected chi connectivity index (χ4v) is 3.48. The third-order valence-electron chi connectivity index (χ3n) is 3.77. The van der Waals surface area contributed by atoms with Crippen molar-refractivity contribution in [1.82, 2.24) is 9.97 Å². The van der Waals surface area contributed by atoms with E-state index >= 15 is 0 Å². The van der Waals surface area contributed by atoms with Crippen LogP contribution in [0, 0.1) is 0 Å². The lowest BCUT2D eigenvalue weighted by molar-refractivity contribution is 0.0995. The number of hydrogen-bond acceptors (Lipinski definition) is 5. The standard InChI is InChI=1S/C17H18N4OS/c1-3-21(4-2)17-19-13(9-14(20-17)16(18)22)12-10-23-15-8-6-5-7-11(12)15/h5-10H,3-4H2,1-2H3,(H2,18,22). The van der Waals surface area contributed by atoms with E-state index in [4.69, 9.17) is 5.73 Å². The van der Waals surface area contributed by atoms with Crippen LogP contribution in [-0.4, -0.2) is 29.0 Å². The lowest BCUT2D eigenvalue weighted by atomic mass is 10.1. The quantitative estimate of drug-likeness (QED) is 0.781. The second-order valence-corrected chi connectivity index (χ2v) is 6.03. The van der Waals surface area contributed by atoms with Gasteiger partial charge in [0.05, 0.1) is 5.69 Å².